The Morgan fingerprint density at radius 3 is 3.06 bits per heavy atom. The molecule has 0 aliphatic rings. The fourth-order valence-corrected chi connectivity index (χ4v) is 1.28. The summed E-state index contributed by atoms with van der Waals surface area (Å²) in [5.41, 5.74) is 1.71. The monoisotopic (exact) mass is 214 g/mol. The number of nitrogens with zero attached hydrogens (tertiary/aromatic N) is 2. The molecule has 0 unspecified atom stereocenters. The van der Waals surface area contributed by atoms with Gasteiger partial charge in [0.2, 0.25) is 0 Å². The summed E-state index contributed by atoms with van der Waals surface area (Å²) in [7, 11) is 0. The molecule has 0 aliphatic carbocycles. The molecule has 0 amide bonds. The number of ether oxygens (including phenoxy) is 1. The number of hydrogen-bond donors (Lipinski definition) is 0. The van der Waals surface area contributed by atoms with Crippen molar-refractivity contribution in [2.24, 2.45) is 0 Å². The van der Waals surface area contributed by atoms with Crippen molar-refractivity contribution in [3.05, 3.63) is 48.8 Å². The van der Waals surface area contributed by atoms with Crippen LogP contribution in [-0.4, -0.2) is 22.5 Å². The molecule has 2 rings (SSSR count). The molecule has 4 heteroatoms. The van der Waals surface area contributed by atoms with Crippen LogP contribution in [0.25, 0.3) is 11.0 Å². The van der Waals surface area contributed by atoms with E-state index in [0.29, 0.717) is 5.52 Å². The Balaban J connectivity index is 2.32. The molecular formula is C12H10N2O2. The highest BCUT2D eigenvalue weighted by atomic mass is 16.5. The van der Waals surface area contributed by atoms with Crippen LogP contribution in [0.4, 0.5) is 0 Å². The zero-order valence-corrected chi connectivity index (χ0v) is 8.59. The zero-order chi connectivity index (χ0) is 11.4. The molecule has 0 aliphatic heterocycles. The standard InChI is InChI=1S/C12H10N2O2/c1-2-8-16-12(15)11-6-5-9-10(14-11)4-3-7-13-9/h2-7H,1,8H2. The summed E-state index contributed by atoms with van der Waals surface area (Å²) in [6.45, 7) is 3.65. The second-order valence-corrected chi connectivity index (χ2v) is 3.13. The molecule has 2 aromatic rings. The van der Waals surface area contributed by atoms with Gasteiger partial charge in [-0.15, -0.1) is 0 Å². The molecular weight excluding hydrogens is 204 g/mol. The number of pyridine rings is 2. The van der Waals surface area contributed by atoms with Crippen LogP contribution in [0.15, 0.2) is 43.1 Å². The molecule has 0 saturated heterocycles. The van der Waals surface area contributed by atoms with Crippen molar-refractivity contribution in [3.63, 3.8) is 0 Å². The van der Waals surface area contributed by atoms with Gasteiger partial charge in [0, 0.05) is 6.20 Å². The maximum Gasteiger partial charge on any atom is 0.357 e. The Bertz CT molecular complexity index is 537. The van der Waals surface area contributed by atoms with Crippen molar-refractivity contribution in [1.29, 1.82) is 0 Å². The Hall–Kier alpha value is -2.23. The predicted molar refractivity (Wildman–Crippen MR) is 60.0 cm³/mol. The van der Waals surface area contributed by atoms with Crippen molar-refractivity contribution in [2.75, 3.05) is 6.61 Å². The van der Waals surface area contributed by atoms with Crippen LogP contribution >= 0.6 is 0 Å². The van der Waals surface area contributed by atoms with Gasteiger partial charge in [-0.2, -0.15) is 0 Å². The molecule has 0 fully saturated rings. The van der Waals surface area contributed by atoms with Gasteiger partial charge in [0.15, 0.2) is 0 Å². The first kappa shape index (κ1) is 10.3. The summed E-state index contributed by atoms with van der Waals surface area (Å²) in [6, 6.07) is 6.91. The molecule has 0 aromatic carbocycles. The van der Waals surface area contributed by atoms with Crippen LogP contribution in [0.3, 0.4) is 0 Å². The quantitative estimate of drug-likeness (QED) is 0.579. The lowest BCUT2D eigenvalue weighted by molar-refractivity contribution is 0.0543. The third-order valence-corrected chi connectivity index (χ3v) is 2.00. The molecule has 2 heterocycles. The van der Waals surface area contributed by atoms with E-state index in [4.69, 9.17) is 4.74 Å². The maximum atomic E-state index is 11.5. The lowest BCUT2D eigenvalue weighted by Gasteiger charge is -2.02. The number of hydrogen-bond acceptors (Lipinski definition) is 4. The highest BCUT2D eigenvalue weighted by molar-refractivity contribution is 5.90. The van der Waals surface area contributed by atoms with Gasteiger partial charge in [0.1, 0.15) is 12.3 Å². The van der Waals surface area contributed by atoms with Crippen LogP contribution in [0.5, 0.6) is 0 Å². The van der Waals surface area contributed by atoms with Gasteiger partial charge in [-0.05, 0) is 24.3 Å². The molecule has 0 N–H and O–H groups in total. The van der Waals surface area contributed by atoms with E-state index in [2.05, 4.69) is 16.5 Å². The fourth-order valence-electron chi connectivity index (χ4n) is 1.28. The van der Waals surface area contributed by atoms with Crippen molar-refractivity contribution < 1.29 is 9.53 Å². The Kier molecular flexibility index (Phi) is 2.91. The van der Waals surface area contributed by atoms with E-state index in [1.54, 1.807) is 30.5 Å². The largest absolute Gasteiger partial charge is 0.457 e. The van der Waals surface area contributed by atoms with Gasteiger partial charge >= 0.3 is 5.97 Å². The van der Waals surface area contributed by atoms with E-state index in [9.17, 15) is 4.79 Å². The minimum absolute atomic E-state index is 0.186. The van der Waals surface area contributed by atoms with Gasteiger partial charge in [-0.25, -0.2) is 9.78 Å². The first-order chi connectivity index (χ1) is 7.81. The van der Waals surface area contributed by atoms with Crippen molar-refractivity contribution in [1.82, 2.24) is 9.97 Å². The summed E-state index contributed by atoms with van der Waals surface area (Å²) in [5, 5.41) is 0. The minimum atomic E-state index is -0.453. The van der Waals surface area contributed by atoms with Crippen LogP contribution < -0.4 is 0 Å². The number of carbonyl (C=O) groups excluding carboxylic acids is 1. The van der Waals surface area contributed by atoms with E-state index in [0.717, 1.165) is 5.52 Å². The van der Waals surface area contributed by atoms with Crippen molar-refractivity contribution in [2.45, 2.75) is 0 Å². The number of esters is 1. The molecule has 0 radical (unpaired) electrons. The number of aromatic nitrogens is 2. The lowest BCUT2D eigenvalue weighted by atomic mass is 10.3. The minimum Gasteiger partial charge on any atom is -0.457 e. The van der Waals surface area contributed by atoms with Gasteiger partial charge in [-0.1, -0.05) is 12.7 Å². The first-order valence-electron chi connectivity index (χ1n) is 4.81. The van der Waals surface area contributed by atoms with E-state index < -0.39 is 5.97 Å². The molecule has 2 aromatic heterocycles. The average molecular weight is 214 g/mol. The third-order valence-electron chi connectivity index (χ3n) is 2.00. The van der Waals surface area contributed by atoms with Crippen LogP contribution in [0, 0.1) is 0 Å². The third kappa shape index (κ3) is 2.06. The Morgan fingerprint density at radius 1 is 1.38 bits per heavy atom. The van der Waals surface area contributed by atoms with Gasteiger partial charge in [0.25, 0.3) is 0 Å². The smallest absolute Gasteiger partial charge is 0.357 e. The second-order valence-electron chi connectivity index (χ2n) is 3.13. The second kappa shape index (κ2) is 4.53. The number of carbonyl (C=O) groups is 1. The van der Waals surface area contributed by atoms with E-state index in [-0.39, 0.29) is 12.3 Å². The Morgan fingerprint density at radius 2 is 2.25 bits per heavy atom. The molecule has 0 spiro atoms. The van der Waals surface area contributed by atoms with E-state index >= 15 is 0 Å². The average Bonchev–Trinajstić information content (AvgIpc) is 2.35. The zero-order valence-electron chi connectivity index (χ0n) is 8.59. The van der Waals surface area contributed by atoms with E-state index in [1.807, 2.05) is 0 Å². The molecule has 80 valence electrons. The number of fused-ring (bicyclic) bond motifs is 1. The van der Waals surface area contributed by atoms with Gasteiger partial charge < -0.3 is 4.74 Å². The summed E-state index contributed by atoms with van der Waals surface area (Å²) in [4.78, 5) is 19.8. The van der Waals surface area contributed by atoms with Crippen molar-refractivity contribution >= 4 is 17.0 Å². The highest BCUT2D eigenvalue weighted by Crippen LogP contribution is 2.09. The normalized spacial score (nSPS) is 10.0. The highest BCUT2D eigenvalue weighted by Gasteiger charge is 2.08. The fraction of sp³-hybridized carbons (Fsp3) is 0.0833. The molecule has 0 bridgehead atoms. The van der Waals surface area contributed by atoms with Crippen LogP contribution in [0.2, 0.25) is 0 Å². The van der Waals surface area contributed by atoms with Crippen LogP contribution in [-0.2, 0) is 4.74 Å². The van der Waals surface area contributed by atoms with Crippen LogP contribution in [0.1, 0.15) is 10.5 Å². The maximum absolute atomic E-state index is 11.5. The first-order valence-corrected chi connectivity index (χ1v) is 4.81. The number of rotatable bonds is 3. The van der Waals surface area contributed by atoms with Crippen molar-refractivity contribution in [3.8, 4) is 0 Å². The summed E-state index contributed by atoms with van der Waals surface area (Å²) >= 11 is 0. The molecule has 16 heavy (non-hydrogen) atoms. The van der Waals surface area contributed by atoms with Gasteiger partial charge in [0.05, 0.1) is 11.0 Å². The predicted octanol–water partition coefficient (Wildman–Crippen LogP) is 1.97. The lowest BCUT2D eigenvalue weighted by Crippen LogP contribution is -2.07. The van der Waals surface area contributed by atoms with Gasteiger partial charge in [-0.3, -0.25) is 4.98 Å². The topological polar surface area (TPSA) is 52.1 Å². The molecule has 0 atom stereocenters. The molecule has 4 nitrogen and oxygen atoms in total. The summed E-state index contributed by atoms with van der Waals surface area (Å²) < 4.78 is 4.89. The SMILES string of the molecule is C=CCOC(=O)c1ccc2ncccc2n1. The van der Waals surface area contributed by atoms with E-state index in [1.165, 1.54) is 6.08 Å². The summed E-state index contributed by atoms with van der Waals surface area (Å²) in [6.07, 6.45) is 3.19. The Labute approximate surface area is 92.6 Å². The molecule has 0 saturated carbocycles. The summed E-state index contributed by atoms with van der Waals surface area (Å²) in [5.74, 6) is -0.453.